The quantitative estimate of drug-likeness (QED) is 0.815. The van der Waals surface area contributed by atoms with Crippen LogP contribution in [0.2, 0.25) is 5.02 Å². The molecule has 0 radical (unpaired) electrons. The molecule has 1 aliphatic rings. The molecule has 0 saturated carbocycles. The topological polar surface area (TPSA) is 87.4 Å². The number of piperazine rings is 1. The maximum absolute atomic E-state index is 12.2. The van der Waals surface area contributed by atoms with Gasteiger partial charge in [0.15, 0.2) is 0 Å². The van der Waals surface area contributed by atoms with Gasteiger partial charge in [-0.2, -0.15) is 0 Å². The maximum Gasteiger partial charge on any atom is 0.238 e. The van der Waals surface area contributed by atoms with E-state index >= 15 is 0 Å². The molecule has 126 valence electrons. The number of nitrogens with two attached hydrogens (primary N) is 1. The molecule has 1 fully saturated rings. The van der Waals surface area contributed by atoms with Crippen LogP contribution >= 0.6 is 11.6 Å². The number of halogens is 1. The first-order valence-electron chi connectivity index (χ1n) is 7.71. The zero-order valence-electron chi connectivity index (χ0n) is 13.2. The van der Waals surface area contributed by atoms with Crippen LogP contribution in [0.1, 0.15) is 0 Å². The van der Waals surface area contributed by atoms with Crippen LogP contribution in [-0.2, 0) is 4.79 Å². The second-order valence-electron chi connectivity index (χ2n) is 5.60. The number of benzene rings is 1. The van der Waals surface area contributed by atoms with Gasteiger partial charge in [-0.25, -0.2) is 9.97 Å². The highest BCUT2D eigenvalue weighted by atomic mass is 35.5. The lowest BCUT2D eigenvalue weighted by Gasteiger charge is -2.34. The van der Waals surface area contributed by atoms with Crippen LogP contribution in [0.5, 0.6) is 0 Å². The van der Waals surface area contributed by atoms with E-state index in [9.17, 15) is 4.79 Å². The third-order valence-electron chi connectivity index (χ3n) is 3.84. The predicted molar refractivity (Wildman–Crippen MR) is 95.2 cm³/mol. The minimum Gasteiger partial charge on any atom is -0.399 e. The average molecular weight is 347 g/mol. The molecule has 3 rings (SSSR count). The molecule has 0 spiro atoms. The number of nitrogen functional groups attached to an aromatic ring is 1. The lowest BCUT2D eigenvalue weighted by atomic mass is 10.2. The molecule has 1 aromatic heterocycles. The Hall–Kier alpha value is -2.38. The van der Waals surface area contributed by atoms with Crippen LogP contribution in [0.15, 0.2) is 36.7 Å². The number of carbonyl (C=O) groups excluding carboxylic acids is 1. The van der Waals surface area contributed by atoms with E-state index in [0.717, 1.165) is 32.1 Å². The number of amides is 1. The van der Waals surface area contributed by atoms with Crippen molar-refractivity contribution in [1.29, 1.82) is 0 Å². The van der Waals surface area contributed by atoms with Crippen LogP contribution in [0.25, 0.3) is 0 Å². The number of nitrogens with zero attached hydrogens (tertiary/aromatic N) is 4. The molecular weight excluding hydrogens is 328 g/mol. The molecule has 7 nitrogen and oxygen atoms in total. The fraction of sp³-hybridized carbons (Fsp3) is 0.312. The van der Waals surface area contributed by atoms with Gasteiger partial charge >= 0.3 is 0 Å². The molecule has 0 atom stereocenters. The number of anilines is 3. The van der Waals surface area contributed by atoms with E-state index in [0.29, 0.717) is 22.9 Å². The Kier molecular flexibility index (Phi) is 5.12. The van der Waals surface area contributed by atoms with Gasteiger partial charge in [0.05, 0.1) is 17.3 Å². The summed E-state index contributed by atoms with van der Waals surface area (Å²) in [4.78, 5) is 24.9. The standard InChI is InChI=1S/C16H19ClN6O/c17-13-3-2-12(18)10-14(13)21-15(24)11-22-6-8-23(9-7-22)16-19-4-1-5-20-16/h1-5,10H,6-9,11,18H2,(H,21,24). The molecule has 1 amide bonds. The number of rotatable bonds is 4. The van der Waals surface area contributed by atoms with Gasteiger partial charge in [0.2, 0.25) is 11.9 Å². The highest BCUT2D eigenvalue weighted by molar-refractivity contribution is 6.33. The van der Waals surface area contributed by atoms with Crippen LogP contribution in [0, 0.1) is 0 Å². The van der Waals surface area contributed by atoms with Gasteiger partial charge in [0.25, 0.3) is 0 Å². The zero-order chi connectivity index (χ0) is 16.9. The van der Waals surface area contributed by atoms with Crippen LogP contribution in [0.4, 0.5) is 17.3 Å². The van der Waals surface area contributed by atoms with Gasteiger partial charge in [0, 0.05) is 44.3 Å². The highest BCUT2D eigenvalue weighted by Crippen LogP contribution is 2.24. The molecule has 2 aromatic rings. The van der Waals surface area contributed by atoms with E-state index in [1.165, 1.54) is 0 Å². The number of aromatic nitrogens is 2. The number of hydrogen-bond acceptors (Lipinski definition) is 6. The summed E-state index contributed by atoms with van der Waals surface area (Å²) < 4.78 is 0. The molecule has 3 N–H and O–H groups in total. The summed E-state index contributed by atoms with van der Waals surface area (Å²) in [6, 6.07) is 6.82. The van der Waals surface area contributed by atoms with Crippen molar-refractivity contribution in [3.8, 4) is 0 Å². The second-order valence-corrected chi connectivity index (χ2v) is 6.01. The zero-order valence-corrected chi connectivity index (χ0v) is 13.9. The lowest BCUT2D eigenvalue weighted by Crippen LogP contribution is -2.49. The van der Waals surface area contributed by atoms with Crippen LogP contribution in [-0.4, -0.2) is 53.5 Å². The minimum absolute atomic E-state index is 0.105. The Labute approximate surface area is 145 Å². The molecule has 0 aliphatic carbocycles. The normalized spacial score (nSPS) is 15.3. The summed E-state index contributed by atoms with van der Waals surface area (Å²) in [6.45, 7) is 3.44. The Morgan fingerprint density at radius 3 is 2.62 bits per heavy atom. The first-order valence-corrected chi connectivity index (χ1v) is 8.09. The van der Waals surface area contributed by atoms with Crippen molar-refractivity contribution >= 4 is 34.8 Å². The van der Waals surface area contributed by atoms with E-state index in [4.69, 9.17) is 17.3 Å². The van der Waals surface area contributed by atoms with Crippen LogP contribution < -0.4 is 16.0 Å². The van der Waals surface area contributed by atoms with Gasteiger partial charge in [0.1, 0.15) is 0 Å². The Bertz CT molecular complexity index is 703. The summed E-state index contributed by atoms with van der Waals surface area (Å²) in [5.74, 6) is 0.625. The number of hydrogen-bond donors (Lipinski definition) is 2. The monoisotopic (exact) mass is 346 g/mol. The Morgan fingerprint density at radius 1 is 1.21 bits per heavy atom. The summed E-state index contributed by atoms with van der Waals surface area (Å²) >= 11 is 6.07. The second kappa shape index (κ2) is 7.46. The largest absolute Gasteiger partial charge is 0.399 e. The summed E-state index contributed by atoms with van der Waals surface area (Å²) in [6.07, 6.45) is 3.47. The summed E-state index contributed by atoms with van der Waals surface area (Å²) in [7, 11) is 0. The highest BCUT2D eigenvalue weighted by Gasteiger charge is 2.20. The van der Waals surface area contributed by atoms with Crippen molar-refractivity contribution in [2.75, 3.05) is 48.7 Å². The first-order chi connectivity index (χ1) is 11.6. The van der Waals surface area contributed by atoms with Gasteiger partial charge < -0.3 is 16.0 Å². The molecule has 0 unspecified atom stereocenters. The first kappa shape index (κ1) is 16.5. The van der Waals surface area contributed by atoms with Crippen molar-refractivity contribution in [3.63, 3.8) is 0 Å². The van der Waals surface area contributed by atoms with Gasteiger partial charge in [-0.1, -0.05) is 11.6 Å². The lowest BCUT2D eigenvalue weighted by molar-refractivity contribution is -0.117. The van der Waals surface area contributed by atoms with E-state index in [1.54, 1.807) is 36.7 Å². The van der Waals surface area contributed by atoms with E-state index in [-0.39, 0.29) is 5.91 Å². The van der Waals surface area contributed by atoms with Gasteiger partial charge in [-0.15, -0.1) is 0 Å². The number of nitrogens with one attached hydrogen (secondary N) is 1. The minimum atomic E-state index is -0.105. The average Bonchev–Trinajstić information content (AvgIpc) is 2.59. The van der Waals surface area contributed by atoms with Crippen LogP contribution in [0.3, 0.4) is 0 Å². The van der Waals surface area contributed by atoms with E-state index in [2.05, 4.69) is 25.1 Å². The van der Waals surface area contributed by atoms with E-state index < -0.39 is 0 Å². The fourth-order valence-corrected chi connectivity index (χ4v) is 2.76. The molecule has 1 saturated heterocycles. The van der Waals surface area contributed by atoms with Crippen molar-refractivity contribution < 1.29 is 4.79 Å². The summed E-state index contributed by atoms with van der Waals surface area (Å²) in [5, 5.41) is 3.29. The molecular formula is C16H19ClN6O. The molecule has 8 heteroatoms. The third-order valence-corrected chi connectivity index (χ3v) is 4.17. The van der Waals surface area contributed by atoms with Crippen molar-refractivity contribution in [1.82, 2.24) is 14.9 Å². The van der Waals surface area contributed by atoms with Gasteiger partial charge in [-0.3, -0.25) is 9.69 Å². The SMILES string of the molecule is Nc1ccc(Cl)c(NC(=O)CN2CCN(c3ncccn3)CC2)c1. The molecule has 1 aromatic carbocycles. The summed E-state index contributed by atoms with van der Waals surface area (Å²) in [5.41, 5.74) is 6.82. The maximum atomic E-state index is 12.2. The number of carbonyl (C=O) groups is 1. The molecule has 0 bridgehead atoms. The van der Waals surface area contributed by atoms with Gasteiger partial charge in [-0.05, 0) is 24.3 Å². The van der Waals surface area contributed by atoms with Crippen molar-refractivity contribution in [3.05, 3.63) is 41.7 Å². The van der Waals surface area contributed by atoms with Crippen molar-refractivity contribution in [2.45, 2.75) is 0 Å². The Balaban J connectivity index is 1.51. The molecule has 24 heavy (non-hydrogen) atoms. The smallest absolute Gasteiger partial charge is 0.238 e. The molecule has 1 aliphatic heterocycles. The Morgan fingerprint density at radius 2 is 1.92 bits per heavy atom. The van der Waals surface area contributed by atoms with Crippen molar-refractivity contribution in [2.24, 2.45) is 0 Å². The molecule has 2 heterocycles. The third kappa shape index (κ3) is 4.12. The predicted octanol–water partition coefficient (Wildman–Crippen LogP) is 1.47. The van der Waals surface area contributed by atoms with E-state index in [1.807, 2.05) is 0 Å². The fourth-order valence-electron chi connectivity index (χ4n) is 2.59.